The lowest BCUT2D eigenvalue weighted by Gasteiger charge is -2.15. The van der Waals surface area contributed by atoms with Gasteiger partial charge in [-0.3, -0.25) is 29.6 Å². The molecule has 10 heteroatoms. The van der Waals surface area contributed by atoms with Gasteiger partial charge in [-0.05, 0) is 47.4 Å². The summed E-state index contributed by atoms with van der Waals surface area (Å²) >= 11 is 0. The highest BCUT2D eigenvalue weighted by Crippen LogP contribution is 2.30. The number of ketones is 1. The highest BCUT2D eigenvalue weighted by molar-refractivity contribution is 6.11. The minimum atomic E-state index is -2.64. The van der Waals surface area contributed by atoms with Crippen molar-refractivity contribution in [1.29, 1.82) is 0 Å². The Hall–Kier alpha value is -4.05. The summed E-state index contributed by atoms with van der Waals surface area (Å²) in [6.45, 7) is 4.65. The number of pyridine rings is 2. The number of fused-ring (bicyclic) bond motifs is 1. The van der Waals surface area contributed by atoms with E-state index >= 15 is 0 Å². The predicted molar refractivity (Wildman–Crippen MR) is 149 cm³/mol. The van der Waals surface area contributed by atoms with Crippen LogP contribution in [0, 0.1) is 5.92 Å². The van der Waals surface area contributed by atoms with Crippen LogP contribution in [0.25, 0.3) is 22.0 Å². The van der Waals surface area contributed by atoms with Crippen molar-refractivity contribution in [1.82, 2.24) is 25.1 Å². The number of nitrogens with zero attached hydrogens (tertiary/aromatic N) is 4. The van der Waals surface area contributed by atoms with E-state index < -0.39 is 11.8 Å². The fraction of sp³-hybridized carbons (Fsp3) is 0.367. The molecule has 3 aromatic heterocycles. The first-order valence-corrected chi connectivity index (χ1v) is 13.6. The van der Waals surface area contributed by atoms with Crippen molar-refractivity contribution in [2.45, 2.75) is 52.0 Å². The molecule has 4 aromatic rings. The zero-order chi connectivity index (χ0) is 28.3. The molecule has 1 aliphatic heterocycles. The van der Waals surface area contributed by atoms with Crippen LogP contribution in [-0.2, 0) is 6.54 Å². The summed E-state index contributed by atoms with van der Waals surface area (Å²) in [4.78, 5) is 35.9. The molecule has 0 aliphatic carbocycles. The normalized spacial score (nSPS) is 15.1. The van der Waals surface area contributed by atoms with Crippen LogP contribution in [0.2, 0.25) is 0 Å². The molecule has 0 bridgehead atoms. The molecule has 208 valence electrons. The zero-order valence-electron chi connectivity index (χ0n) is 22.6. The number of H-pyrrole nitrogens is 1. The van der Waals surface area contributed by atoms with Crippen molar-refractivity contribution in [2.75, 3.05) is 18.4 Å². The van der Waals surface area contributed by atoms with Gasteiger partial charge in [0.15, 0.2) is 11.5 Å². The molecule has 1 aliphatic rings. The van der Waals surface area contributed by atoms with Gasteiger partial charge >= 0.3 is 0 Å². The van der Waals surface area contributed by atoms with E-state index in [1.165, 1.54) is 6.20 Å². The van der Waals surface area contributed by atoms with Crippen LogP contribution < -0.4 is 5.32 Å². The van der Waals surface area contributed by atoms with Crippen molar-refractivity contribution in [3.63, 3.8) is 0 Å². The molecule has 0 radical (unpaired) electrons. The second-order valence-electron chi connectivity index (χ2n) is 10.4. The summed E-state index contributed by atoms with van der Waals surface area (Å²) < 4.78 is 27.2. The van der Waals surface area contributed by atoms with E-state index in [-0.39, 0.29) is 24.4 Å². The molecule has 1 saturated heterocycles. The molecule has 40 heavy (non-hydrogen) atoms. The number of aromatic nitrogens is 4. The number of halogens is 2. The van der Waals surface area contributed by atoms with Crippen LogP contribution in [-0.4, -0.2) is 55.8 Å². The summed E-state index contributed by atoms with van der Waals surface area (Å²) in [6.07, 6.45) is 7.09. The molecule has 4 heterocycles. The standard InChI is InChI=1S/C30H32F2N6O2/c1-3-19(4-2)12-27(39)26-8-6-23(16-34-26)35-29(40)28-24-13-21(5-7-25(24)36-37-28)22-11-20(14-33-15-22)17-38-10-9-30(31,32)18-38/h5-8,11,13-16,19H,3-4,9-10,12,17-18H2,1-2H3,(H,35,40)(H,36,37). The lowest BCUT2D eigenvalue weighted by Crippen LogP contribution is -2.24. The van der Waals surface area contributed by atoms with E-state index in [0.717, 1.165) is 29.5 Å². The molecule has 1 aromatic carbocycles. The van der Waals surface area contributed by atoms with Crippen LogP contribution in [0.1, 0.15) is 66.1 Å². The number of anilines is 1. The van der Waals surface area contributed by atoms with Crippen LogP contribution in [0.4, 0.5) is 14.5 Å². The Balaban J connectivity index is 1.30. The van der Waals surface area contributed by atoms with Gasteiger partial charge in [0, 0.05) is 49.3 Å². The molecule has 0 atom stereocenters. The molecular weight excluding hydrogens is 514 g/mol. The second kappa shape index (κ2) is 11.6. The Morgan fingerprint density at radius 1 is 1.07 bits per heavy atom. The molecule has 8 nitrogen and oxygen atoms in total. The van der Waals surface area contributed by atoms with E-state index in [4.69, 9.17) is 0 Å². The lowest BCUT2D eigenvalue weighted by molar-refractivity contribution is 0.0115. The van der Waals surface area contributed by atoms with Crippen molar-refractivity contribution in [2.24, 2.45) is 5.92 Å². The van der Waals surface area contributed by atoms with Crippen molar-refractivity contribution >= 4 is 28.3 Å². The first kappa shape index (κ1) is 27.5. The SMILES string of the molecule is CCC(CC)CC(=O)c1ccc(NC(=O)c2n[nH]c3ccc(-c4cncc(CN5CCC(F)(F)C5)c4)cc23)cn1. The van der Waals surface area contributed by atoms with Gasteiger partial charge in [0.25, 0.3) is 11.8 Å². The molecule has 1 amide bonds. The van der Waals surface area contributed by atoms with Gasteiger partial charge in [-0.2, -0.15) is 5.10 Å². The van der Waals surface area contributed by atoms with Crippen molar-refractivity contribution in [3.8, 4) is 11.1 Å². The van der Waals surface area contributed by atoms with Crippen LogP contribution >= 0.6 is 0 Å². The number of carbonyl (C=O) groups is 2. The maximum atomic E-state index is 13.6. The number of Topliss-reactive ketones (excluding diaryl/α,β-unsaturated/α-hetero) is 1. The second-order valence-corrected chi connectivity index (χ2v) is 10.4. The summed E-state index contributed by atoms with van der Waals surface area (Å²) in [5.41, 5.74) is 4.23. The van der Waals surface area contributed by atoms with E-state index in [1.54, 1.807) is 29.4 Å². The maximum Gasteiger partial charge on any atom is 0.276 e. The molecule has 0 unspecified atom stereocenters. The number of hydrogen-bond acceptors (Lipinski definition) is 6. The summed E-state index contributed by atoms with van der Waals surface area (Å²) in [6, 6.07) is 10.8. The number of aromatic amines is 1. The lowest BCUT2D eigenvalue weighted by atomic mass is 9.96. The Morgan fingerprint density at radius 2 is 1.90 bits per heavy atom. The number of carbonyl (C=O) groups excluding carboxylic acids is 2. The molecule has 0 saturated carbocycles. The number of likely N-dealkylation sites (tertiary alicyclic amines) is 1. The van der Waals surface area contributed by atoms with Crippen LogP contribution in [0.3, 0.4) is 0 Å². The van der Waals surface area contributed by atoms with Gasteiger partial charge in [0.1, 0.15) is 5.69 Å². The van der Waals surface area contributed by atoms with E-state index in [2.05, 4.69) is 39.3 Å². The van der Waals surface area contributed by atoms with Gasteiger partial charge in [-0.15, -0.1) is 0 Å². The quantitative estimate of drug-likeness (QED) is 0.232. The number of amides is 1. The highest BCUT2D eigenvalue weighted by Gasteiger charge is 2.37. The van der Waals surface area contributed by atoms with Crippen molar-refractivity contribution < 1.29 is 18.4 Å². The summed E-state index contributed by atoms with van der Waals surface area (Å²) in [5, 5.41) is 10.5. The molecule has 2 N–H and O–H groups in total. The zero-order valence-corrected chi connectivity index (χ0v) is 22.6. The van der Waals surface area contributed by atoms with Gasteiger partial charge in [-0.25, -0.2) is 8.78 Å². The third-order valence-corrected chi connectivity index (χ3v) is 7.50. The van der Waals surface area contributed by atoms with Crippen LogP contribution in [0.15, 0.2) is 55.0 Å². The molecule has 1 fully saturated rings. The Kier molecular flexibility index (Phi) is 7.97. The topological polar surface area (TPSA) is 104 Å². The molecule has 5 rings (SSSR count). The van der Waals surface area contributed by atoms with Crippen molar-refractivity contribution in [3.05, 3.63) is 71.9 Å². The number of nitrogens with one attached hydrogen (secondary N) is 2. The summed E-state index contributed by atoms with van der Waals surface area (Å²) in [5.74, 6) is -2.73. The number of alkyl halides is 2. The third-order valence-electron chi connectivity index (χ3n) is 7.50. The molecule has 0 spiro atoms. The fourth-order valence-electron chi connectivity index (χ4n) is 5.07. The monoisotopic (exact) mass is 546 g/mol. The average molecular weight is 547 g/mol. The Labute approximate surface area is 231 Å². The van der Waals surface area contributed by atoms with Gasteiger partial charge in [-0.1, -0.05) is 32.8 Å². The first-order chi connectivity index (χ1) is 19.2. The third kappa shape index (κ3) is 6.22. The highest BCUT2D eigenvalue weighted by atomic mass is 19.3. The minimum Gasteiger partial charge on any atom is -0.319 e. The Morgan fingerprint density at radius 3 is 2.60 bits per heavy atom. The maximum absolute atomic E-state index is 13.6. The average Bonchev–Trinajstić information content (AvgIpc) is 3.53. The number of rotatable bonds is 10. The van der Waals surface area contributed by atoms with Gasteiger partial charge < -0.3 is 5.32 Å². The van der Waals surface area contributed by atoms with E-state index in [9.17, 15) is 18.4 Å². The smallest absolute Gasteiger partial charge is 0.276 e. The van der Waals surface area contributed by atoms with Crippen LogP contribution in [0.5, 0.6) is 0 Å². The number of benzene rings is 1. The van der Waals surface area contributed by atoms with Gasteiger partial charge in [0.2, 0.25) is 0 Å². The first-order valence-electron chi connectivity index (χ1n) is 13.6. The van der Waals surface area contributed by atoms with Gasteiger partial charge in [0.05, 0.1) is 23.9 Å². The van der Waals surface area contributed by atoms with E-state index in [0.29, 0.717) is 47.7 Å². The Bertz CT molecular complexity index is 1510. The fourth-order valence-corrected chi connectivity index (χ4v) is 5.07. The molecular formula is C30H32F2N6O2. The van der Waals surface area contributed by atoms with E-state index in [1.807, 2.05) is 24.3 Å². The minimum absolute atomic E-state index is 0.00525. The largest absolute Gasteiger partial charge is 0.319 e. The predicted octanol–water partition coefficient (Wildman–Crippen LogP) is 6.12. The number of hydrogen-bond donors (Lipinski definition) is 2. The summed E-state index contributed by atoms with van der Waals surface area (Å²) in [7, 11) is 0.